The van der Waals surface area contributed by atoms with Crippen molar-refractivity contribution in [1.29, 1.82) is 0 Å². The van der Waals surface area contributed by atoms with Gasteiger partial charge < -0.3 is 4.57 Å². The minimum atomic E-state index is 0.0383. The fourth-order valence-electron chi connectivity index (χ4n) is 1.14. The highest BCUT2D eigenvalue weighted by Gasteiger charge is 2.03. The number of hydrogen-bond acceptors (Lipinski definition) is 1. The summed E-state index contributed by atoms with van der Waals surface area (Å²) in [5.41, 5.74) is 0.781. The largest absolute Gasteiger partial charge is 0.342 e. The van der Waals surface area contributed by atoms with E-state index in [4.69, 9.17) is 0 Å². The third-order valence-electron chi connectivity index (χ3n) is 1.88. The number of nitrogens with zero attached hydrogens (tertiary/aromatic N) is 1. The molecule has 0 N–H and O–H groups in total. The summed E-state index contributed by atoms with van der Waals surface area (Å²) in [4.78, 5) is 11.0. The number of carbonyl (C=O) groups excluding carboxylic acids is 1. The first kappa shape index (κ1) is 11.6. The van der Waals surface area contributed by atoms with E-state index in [0.29, 0.717) is 6.54 Å². The predicted molar refractivity (Wildman–Crippen MR) is 61.7 cm³/mol. The van der Waals surface area contributed by atoms with Crippen molar-refractivity contribution in [3.8, 4) is 11.8 Å². The molecule has 0 unspecified atom stereocenters. The van der Waals surface area contributed by atoms with Crippen LogP contribution in [0.15, 0.2) is 18.5 Å². The van der Waals surface area contributed by atoms with Gasteiger partial charge >= 0.3 is 0 Å². The van der Waals surface area contributed by atoms with Crippen molar-refractivity contribution < 1.29 is 4.79 Å². The van der Waals surface area contributed by atoms with Crippen molar-refractivity contribution >= 4 is 5.78 Å². The van der Waals surface area contributed by atoms with Crippen LogP contribution in [0, 0.1) is 17.3 Å². The monoisotopic (exact) mass is 203 g/mol. The van der Waals surface area contributed by atoms with Gasteiger partial charge in [0.25, 0.3) is 0 Å². The van der Waals surface area contributed by atoms with Gasteiger partial charge in [0.15, 0.2) is 5.78 Å². The molecule has 2 nitrogen and oxygen atoms in total. The van der Waals surface area contributed by atoms with Crippen LogP contribution in [-0.4, -0.2) is 10.4 Å². The molecule has 1 aromatic heterocycles. The molecule has 0 aromatic carbocycles. The van der Waals surface area contributed by atoms with Gasteiger partial charge in [-0.2, -0.15) is 0 Å². The number of rotatable bonds is 2. The molecule has 0 bridgehead atoms. The third kappa shape index (κ3) is 4.03. The van der Waals surface area contributed by atoms with Crippen LogP contribution >= 0.6 is 0 Å². The number of hydrogen-bond donors (Lipinski definition) is 0. The van der Waals surface area contributed by atoms with Gasteiger partial charge in [-0.15, -0.1) is 0 Å². The Bertz CT molecular complexity index is 410. The van der Waals surface area contributed by atoms with E-state index in [9.17, 15) is 4.79 Å². The normalized spacial score (nSPS) is 10.7. The minimum absolute atomic E-state index is 0.0383. The first-order chi connectivity index (χ1) is 6.88. The van der Waals surface area contributed by atoms with E-state index in [1.165, 1.54) is 0 Å². The van der Waals surface area contributed by atoms with Gasteiger partial charge in [0.05, 0.1) is 6.54 Å². The molecule has 0 atom stereocenters. The maximum absolute atomic E-state index is 11.0. The lowest BCUT2D eigenvalue weighted by Crippen LogP contribution is -2.00. The Labute approximate surface area is 91.3 Å². The zero-order valence-corrected chi connectivity index (χ0v) is 9.79. The van der Waals surface area contributed by atoms with Crippen molar-refractivity contribution in [2.45, 2.75) is 34.2 Å². The fourth-order valence-corrected chi connectivity index (χ4v) is 1.14. The zero-order chi connectivity index (χ0) is 11.5. The summed E-state index contributed by atoms with van der Waals surface area (Å²) < 4.78 is 1.93. The van der Waals surface area contributed by atoms with Crippen molar-refractivity contribution in [3.63, 3.8) is 0 Å². The van der Waals surface area contributed by atoms with Gasteiger partial charge in [-0.1, -0.05) is 11.8 Å². The topological polar surface area (TPSA) is 22.0 Å². The highest BCUT2D eigenvalue weighted by atomic mass is 16.1. The average molecular weight is 203 g/mol. The SMILES string of the molecule is CC(=O)c1ccn(CC#CC(C)(C)C)c1. The summed E-state index contributed by atoms with van der Waals surface area (Å²) in [5.74, 6) is 6.34. The Morgan fingerprint density at radius 3 is 2.60 bits per heavy atom. The summed E-state index contributed by atoms with van der Waals surface area (Å²) >= 11 is 0. The zero-order valence-electron chi connectivity index (χ0n) is 9.79. The molecule has 0 radical (unpaired) electrons. The summed E-state index contributed by atoms with van der Waals surface area (Å²) in [6.07, 6.45) is 3.72. The standard InChI is InChI=1S/C13H17NO/c1-11(15)12-6-9-14(10-12)8-5-7-13(2,3)4/h6,9-10H,8H2,1-4H3. The molecule has 0 aliphatic heterocycles. The first-order valence-corrected chi connectivity index (χ1v) is 5.05. The summed E-state index contributed by atoms with van der Waals surface area (Å²) in [6.45, 7) is 8.45. The molecule has 0 amide bonds. The fraction of sp³-hybridized carbons (Fsp3) is 0.462. The Balaban J connectivity index is 2.65. The molecular weight excluding hydrogens is 186 g/mol. The molecule has 0 fully saturated rings. The lowest BCUT2D eigenvalue weighted by atomic mass is 9.98. The van der Waals surface area contributed by atoms with Gasteiger partial charge in [0.1, 0.15) is 0 Å². The van der Waals surface area contributed by atoms with Crippen molar-refractivity contribution in [2.24, 2.45) is 5.41 Å². The second-order valence-electron chi connectivity index (χ2n) is 4.68. The highest BCUT2D eigenvalue weighted by Crippen LogP contribution is 2.09. The van der Waals surface area contributed by atoms with Crippen LogP contribution in [0.25, 0.3) is 0 Å². The molecular formula is C13H17NO. The van der Waals surface area contributed by atoms with Crippen molar-refractivity contribution in [1.82, 2.24) is 4.57 Å². The maximum atomic E-state index is 11.0. The number of aromatic nitrogens is 1. The second kappa shape index (κ2) is 4.35. The van der Waals surface area contributed by atoms with E-state index in [-0.39, 0.29) is 11.2 Å². The van der Waals surface area contributed by atoms with Crippen LogP contribution < -0.4 is 0 Å². The quantitative estimate of drug-likeness (QED) is 0.535. The molecule has 0 saturated heterocycles. The van der Waals surface area contributed by atoms with E-state index in [0.717, 1.165) is 5.56 Å². The van der Waals surface area contributed by atoms with Gasteiger partial charge in [0.2, 0.25) is 0 Å². The molecule has 15 heavy (non-hydrogen) atoms. The van der Waals surface area contributed by atoms with Gasteiger partial charge in [0, 0.05) is 23.4 Å². The first-order valence-electron chi connectivity index (χ1n) is 5.05. The molecule has 0 saturated carbocycles. The average Bonchev–Trinajstić information content (AvgIpc) is 2.50. The Morgan fingerprint density at radius 1 is 1.47 bits per heavy atom. The molecule has 2 heteroatoms. The van der Waals surface area contributed by atoms with E-state index >= 15 is 0 Å². The summed E-state index contributed by atoms with van der Waals surface area (Å²) in [6, 6.07) is 1.82. The number of carbonyl (C=O) groups is 1. The predicted octanol–water partition coefficient (Wildman–Crippen LogP) is 2.74. The lowest BCUT2D eigenvalue weighted by molar-refractivity contribution is 0.101. The van der Waals surface area contributed by atoms with Crippen LogP contribution in [0.5, 0.6) is 0 Å². The molecule has 1 heterocycles. The van der Waals surface area contributed by atoms with Crippen molar-refractivity contribution in [2.75, 3.05) is 0 Å². The number of ketones is 1. The van der Waals surface area contributed by atoms with E-state index in [1.54, 1.807) is 6.92 Å². The van der Waals surface area contributed by atoms with E-state index in [1.807, 2.05) is 23.0 Å². The molecule has 1 rings (SSSR count). The Kier molecular flexibility index (Phi) is 3.36. The molecule has 80 valence electrons. The summed E-state index contributed by atoms with van der Waals surface area (Å²) in [7, 11) is 0. The lowest BCUT2D eigenvalue weighted by Gasteiger charge is -2.06. The van der Waals surface area contributed by atoms with Gasteiger partial charge in [-0.25, -0.2) is 0 Å². The summed E-state index contributed by atoms with van der Waals surface area (Å²) in [5, 5.41) is 0. The Morgan fingerprint density at radius 2 is 2.13 bits per heavy atom. The van der Waals surface area contributed by atoms with Gasteiger partial charge in [-0.05, 0) is 33.8 Å². The van der Waals surface area contributed by atoms with Gasteiger partial charge in [-0.3, -0.25) is 4.79 Å². The smallest absolute Gasteiger partial charge is 0.161 e. The van der Waals surface area contributed by atoms with E-state index in [2.05, 4.69) is 32.6 Å². The second-order valence-corrected chi connectivity index (χ2v) is 4.68. The highest BCUT2D eigenvalue weighted by molar-refractivity contribution is 5.93. The minimum Gasteiger partial charge on any atom is -0.342 e. The number of Topliss-reactive ketones (excluding diaryl/α,β-unsaturated/α-hetero) is 1. The third-order valence-corrected chi connectivity index (χ3v) is 1.88. The molecule has 0 spiro atoms. The molecule has 0 aliphatic rings. The van der Waals surface area contributed by atoms with Crippen LogP contribution in [0.3, 0.4) is 0 Å². The van der Waals surface area contributed by atoms with Crippen LogP contribution in [-0.2, 0) is 6.54 Å². The molecule has 1 aromatic rings. The van der Waals surface area contributed by atoms with Crippen LogP contribution in [0.1, 0.15) is 38.1 Å². The van der Waals surface area contributed by atoms with Crippen LogP contribution in [0.4, 0.5) is 0 Å². The van der Waals surface area contributed by atoms with Crippen LogP contribution in [0.2, 0.25) is 0 Å². The maximum Gasteiger partial charge on any atom is 0.161 e. The van der Waals surface area contributed by atoms with Crippen molar-refractivity contribution in [3.05, 3.63) is 24.0 Å². The molecule has 0 aliphatic carbocycles. The van der Waals surface area contributed by atoms with E-state index < -0.39 is 0 Å². The Hall–Kier alpha value is -1.49.